The van der Waals surface area contributed by atoms with E-state index in [-0.39, 0.29) is 18.1 Å². The number of ether oxygens (including phenoxy) is 1. The van der Waals surface area contributed by atoms with E-state index in [0.29, 0.717) is 13.1 Å². The van der Waals surface area contributed by atoms with Crippen molar-refractivity contribution in [2.24, 2.45) is 4.99 Å². The molecule has 0 saturated carbocycles. The summed E-state index contributed by atoms with van der Waals surface area (Å²) >= 11 is 0. The van der Waals surface area contributed by atoms with Crippen LogP contribution >= 0.6 is 0 Å². The van der Waals surface area contributed by atoms with Gasteiger partial charge in [-0.2, -0.15) is 0 Å². The van der Waals surface area contributed by atoms with Crippen molar-refractivity contribution in [1.82, 2.24) is 20.9 Å². The lowest BCUT2D eigenvalue weighted by molar-refractivity contribution is -0.120. The third-order valence-corrected chi connectivity index (χ3v) is 4.37. The summed E-state index contributed by atoms with van der Waals surface area (Å²) in [5.74, 6) is 0.381. The van der Waals surface area contributed by atoms with Gasteiger partial charge in [0.1, 0.15) is 5.82 Å². The fourth-order valence-corrected chi connectivity index (χ4v) is 2.88. The molecule has 1 saturated heterocycles. The number of hydrogen-bond acceptors (Lipinski definition) is 4. The van der Waals surface area contributed by atoms with E-state index >= 15 is 0 Å². The molecule has 1 aromatic carbocycles. The first kappa shape index (κ1) is 22.1. The minimum Gasteiger partial charge on any atom is -0.379 e. The van der Waals surface area contributed by atoms with Gasteiger partial charge >= 0.3 is 0 Å². The number of carbonyl (C=O) groups excluding carboxylic acids is 1. The van der Waals surface area contributed by atoms with Crippen molar-refractivity contribution in [2.45, 2.75) is 19.8 Å². The predicted molar refractivity (Wildman–Crippen MR) is 109 cm³/mol. The molecule has 1 aliphatic heterocycles. The summed E-state index contributed by atoms with van der Waals surface area (Å²) in [4.78, 5) is 18.9. The Hall–Kier alpha value is -2.19. The van der Waals surface area contributed by atoms with E-state index in [1.54, 1.807) is 12.1 Å². The molecule has 0 radical (unpaired) electrons. The topological polar surface area (TPSA) is 78.0 Å². The fourth-order valence-electron chi connectivity index (χ4n) is 2.88. The number of aliphatic imine (C=N–C) groups is 1. The molecule has 0 spiro atoms. The number of carbonyl (C=O) groups is 1. The zero-order chi connectivity index (χ0) is 20.0. The Morgan fingerprint density at radius 3 is 2.57 bits per heavy atom. The summed E-state index contributed by atoms with van der Waals surface area (Å²) in [6, 6.07) is 5.98. The van der Waals surface area contributed by atoms with Crippen molar-refractivity contribution in [1.29, 1.82) is 0 Å². The Balaban J connectivity index is 1.60. The minimum absolute atomic E-state index is 0.0825. The van der Waals surface area contributed by atoms with E-state index < -0.39 is 0 Å². The molecule has 0 bridgehead atoms. The highest BCUT2D eigenvalue weighted by atomic mass is 19.1. The first-order valence-electron chi connectivity index (χ1n) is 10.0. The number of benzene rings is 1. The number of halogens is 1. The molecular weight excluding hydrogens is 361 g/mol. The Bertz CT molecular complexity index is 603. The molecule has 1 fully saturated rings. The summed E-state index contributed by atoms with van der Waals surface area (Å²) in [5, 5.41) is 9.30. The van der Waals surface area contributed by atoms with Crippen LogP contribution in [0.5, 0.6) is 0 Å². The van der Waals surface area contributed by atoms with Crippen LogP contribution in [0, 0.1) is 5.82 Å². The first-order valence-corrected chi connectivity index (χ1v) is 10.0. The van der Waals surface area contributed by atoms with Crippen molar-refractivity contribution in [3.05, 3.63) is 35.6 Å². The second-order valence-corrected chi connectivity index (χ2v) is 6.65. The molecule has 0 aliphatic carbocycles. The third-order valence-electron chi connectivity index (χ3n) is 4.37. The van der Waals surface area contributed by atoms with Crippen LogP contribution in [-0.4, -0.2) is 75.8 Å². The summed E-state index contributed by atoms with van der Waals surface area (Å²) < 4.78 is 18.2. The molecule has 1 amide bonds. The maximum atomic E-state index is 12.9. The Morgan fingerprint density at radius 1 is 1.14 bits per heavy atom. The van der Waals surface area contributed by atoms with Crippen LogP contribution in [0.15, 0.2) is 29.3 Å². The van der Waals surface area contributed by atoms with Crippen LogP contribution in [0.25, 0.3) is 0 Å². The number of hydrogen-bond donors (Lipinski definition) is 3. The van der Waals surface area contributed by atoms with Crippen LogP contribution in [0.4, 0.5) is 4.39 Å². The average Bonchev–Trinajstić information content (AvgIpc) is 2.71. The molecule has 1 aromatic rings. The van der Waals surface area contributed by atoms with Crippen LogP contribution in [0.2, 0.25) is 0 Å². The first-order chi connectivity index (χ1) is 13.7. The summed E-state index contributed by atoms with van der Waals surface area (Å²) in [7, 11) is 0. The lowest BCUT2D eigenvalue weighted by Gasteiger charge is -2.26. The van der Waals surface area contributed by atoms with Gasteiger partial charge in [-0.1, -0.05) is 12.1 Å². The highest BCUT2D eigenvalue weighted by Gasteiger charge is 2.09. The molecule has 8 heteroatoms. The fraction of sp³-hybridized carbons (Fsp3) is 0.600. The smallest absolute Gasteiger partial charge is 0.224 e. The molecule has 0 atom stereocenters. The van der Waals surface area contributed by atoms with Crippen LogP contribution in [0.1, 0.15) is 18.9 Å². The highest BCUT2D eigenvalue weighted by molar-refractivity contribution is 5.80. The Labute approximate surface area is 166 Å². The summed E-state index contributed by atoms with van der Waals surface area (Å²) in [5.41, 5.74) is 0.794. The normalized spacial score (nSPS) is 15.3. The van der Waals surface area contributed by atoms with Gasteiger partial charge in [-0.3, -0.25) is 14.7 Å². The van der Waals surface area contributed by atoms with Gasteiger partial charge in [-0.25, -0.2) is 4.39 Å². The van der Waals surface area contributed by atoms with Crippen molar-refractivity contribution < 1.29 is 13.9 Å². The summed E-state index contributed by atoms with van der Waals surface area (Å²) in [6.07, 6.45) is 1.25. The standard InChI is InChI=1S/C20H32FN5O2/c1-2-22-20(24-8-3-11-26-12-14-28-15-13-26)25-10-9-23-19(27)16-17-4-6-18(21)7-5-17/h4-7H,2-3,8-16H2,1H3,(H,23,27)(H2,22,24,25). The zero-order valence-corrected chi connectivity index (χ0v) is 16.7. The molecule has 1 aliphatic rings. The molecular formula is C20H32FN5O2. The molecule has 1 heterocycles. The monoisotopic (exact) mass is 393 g/mol. The molecule has 3 N–H and O–H groups in total. The number of guanidine groups is 1. The van der Waals surface area contributed by atoms with E-state index in [4.69, 9.17) is 4.74 Å². The highest BCUT2D eigenvalue weighted by Crippen LogP contribution is 2.03. The molecule has 0 aromatic heterocycles. The van der Waals surface area contributed by atoms with Gasteiger partial charge in [0.25, 0.3) is 0 Å². The quantitative estimate of drug-likeness (QED) is 0.311. The number of nitrogens with one attached hydrogen (secondary N) is 3. The maximum Gasteiger partial charge on any atom is 0.224 e. The van der Waals surface area contributed by atoms with Crippen LogP contribution in [0.3, 0.4) is 0 Å². The van der Waals surface area contributed by atoms with E-state index in [1.807, 2.05) is 6.92 Å². The van der Waals surface area contributed by atoms with E-state index in [9.17, 15) is 9.18 Å². The number of nitrogens with zero attached hydrogens (tertiary/aromatic N) is 2. The SMILES string of the molecule is CCNC(=NCCCN1CCOCC1)NCCNC(=O)Cc1ccc(F)cc1. The van der Waals surface area contributed by atoms with E-state index in [0.717, 1.165) is 63.9 Å². The largest absolute Gasteiger partial charge is 0.379 e. The molecule has 156 valence electrons. The molecule has 0 unspecified atom stereocenters. The molecule has 7 nitrogen and oxygen atoms in total. The van der Waals surface area contributed by atoms with Crippen LogP contribution < -0.4 is 16.0 Å². The lowest BCUT2D eigenvalue weighted by atomic mass is 10.1. The number of rotatable bonds is 10. The van der Waals surface area contributed by atoms with Gasteiger partial charge in [0.05, 0.1) is 19.6 Å². The molecule has 28 heavy (non-hydrogen) atoms. The predicted octanol–water partition coefficient (Wildman–Crippen LogP) is 0.762. The third kappa shape index (κ3) is 9.14. The zero-order valence-electron chi connectivity index (χ0n) is 16.7. The van der Waals surface area contributed by atoms with E-state index in [2.05, 4.69) is 25.8 Å². The van der Waals surface area contributed by atoms with Crippen LogP contribution in [-0.2, 0) is 16.0 Å². The van der Waals surface area contributed by atoms with Gasteiger partial charge in [0, 0.05) is 45.8 Å². The molecule has 2 rings (SSSR count). The maximum absolute atomic E-state index is 12.9. The summed E-state index contributed by atoms with van der Waals surface area (Å²) in [6.45, 7) is 9.32. The van der Waals surface area contributed by atoms with Gasteiger partial charge in [-0.15, -0.1) is 0 Å². The Morgan fingerprint density at radius 2 is 1.86 bits per heavy atom. The average molecular weight is 394 g/mol. The van der Waals surface area contributed by atoms with Crippen molar-refractivity contribution in [3.8, 4) is 0 Å². The van der Waals surface area contributed by atoms with Gasteiger partial charge in [0.2, 0.25) is 5.91 Å². The van der Waals surface area contributed by atoms with Crippen molar-refractivity contribution in [2.75, 3.05) is 59.0 Å². The second kappa shape index (κ2) is 13.1. The van der Waals surface area contributed by atoms with Gasteiger partial charge < -0.3 is 20.7 Å². The second-order valence-electron chi connectivity index (χ2n) is 6.65. The Kier molecular flexibility index (Phi) is 10.3. The van der Waals surface area contributed by atoms with Gasteiger partial charge in [0.15, 0.2) is 5.96 Å². The number of morpholine rings is 1. The van der Waals surface area contributed by atoms with Crippen molar-refractivity contribution in [3.63, 3.8) is 0 Å². The van der Waals surface area contributed by atoms with E-state index in [1.165, 1.54) is 12.1 Å². The van der Waals surface area contributed by atoms with Gasteiger partial charge in [-0.05, 0) is 31.0 Å². The lowest BCUT2D eigenvalue weighted by Crippen LogP contribution is -2.42. The minimum atomic E-state index is -0.298. The van der Waals surface area contributed by atoms with Crippen molar-refractivity contribution >= 4 is 11.9 Å². The number of amides is 1.